The highest BCUT2D eigenvalue weighted by molar-refractivity contribution is 5.79. The zero-order valence-electron chi connectivity index (χ0n) is 12.4. The monoisotopic (exact) mass is 313 g/mol. The molecule has 0 bridgehead atoms. The molecule has 3 heterocycles. The van der Waals surface area contributed by atoms with Crippen molar-refractivity contribution in [2.45, 2.75) is 31.2 Å². The third kappa shape index (κ3) is 2.82. The molecular weight excluding hydrogens is 294 g/mol. The summed E-state index contributed by atoms with van der Waals surface area (Å²) in [5.74, 6) is -3.07. The standard InChI is InChI=1S/C14H19F2N4O2/c1-17-5-6-18(10-17)13(22)19-8-11(7-14(15,16)9-19)20-4-2-3-12(20)21/h5-6,10-11H,2-4,7-9H2,1H3/q+1/t11-/m1/s1. The Balaban J connectivity index is 1.79. The van der Waals surface area contributed by atoms with E-state index in [0.29, 0.717) is 19.4 Å². The predicted molar refractivity (Wildman–Crippen MR) is 72.3 cm³/mol. The molecule has 120 valence electrons. The second kappa shape index (κ2) is 5.33. The summed E-state index contributed by atoms with van der Waals surface area (Å²) in [4.78, 5) is 26.8. The van der Waals surface area contributed by atoms with E-state index < -0.39 is 24.5 Å². The minimum Gasteiger partial charge on any atom is -0.338 e. The highest BCUT2D eigenvalue weighted by Gasteiger charge is 2.46. The van der Waals surface area contributed by atoms with Crippen molar-refractivity contribution in [3.05, 3.63) is 18.7 Å². The van der Waals surface area contributed by atoms with Gasteiger partial charge in [-0.3, -0.25) is 9.69 Å². The van der Waals surface area contributed by atoms with Gasteiger partial charge in [-0.25, -0.2) is 18.1 Å². The van der Waals surface area contributed by atoms with Gasteiger partial charge in [0.25, 0.3) is 12.2 Å². The molecule has 1 aromatic heterocycles. The van der Waals surface area contributed by atoms with Crippen molar-refractivity contribution in [2.75, 3.05) is 19.6 Å². The van der Waals surface area contributed by atoms with Crippen LogP contribution in [0.2, 0.25) is 0 Å². The molecule has 2 aliphatic heterocycles. The van der Waals surface area contributed by atoms with E-state index >= 15 is 0 Å². The Bertz CT molecular complexity index is 601. The zero-order chi connectivity index (χ0) is 15.9. The minimum absolute atomic E-state index is 0.0949. The molecule has 6 nitrogen and oxygen atoms in total. The topological polar surface area (TPSA) is 49.4 Å². The Morgan fingerprint density at radius 3 is 2.82 bits per heavy atom. The van der Waals surface area contributed by atoms with Crippen LogP contribution in [0.3, 0.4) is 0 Å². The van der Waals surface area contributed by atoms with E-state index in [2.05, 4.69) is 0 Å². The predicted octanol–water partition coefficient (Wildman–Crippen LogP) is 0.613. The Morgan fingerprint density at radius 1 is 1.45 bits per heavy atom. The number of hydrogen-bond acceptors (Lipinski definition) is 2. The SMILES string of the molecule is C[n+]1ccn(C(=O)N2C[C@H](N3CCCC3=O)CC(F)(F)C2)c1. The van der Waals surface area contributed by atoms with Crippen molar-refractivity contribution in [1.29, 1.82) is 0 Å². The van der Waals surface area contributed by atoms with Crippen molar-refractivity contribution in [1.82, 2.24) is 14.4 Å². The van der Waals surface area contributed by atoms with Crippen LogP contribution in [0.25, 0.3) is 0 Å². The summed E-state index contributed by atoms with van der Waals surface area (Å²) in [6, 6.07) is -1.09. The van der Waals surface area contributed by atoms with Crippen molar-refractivity contribution in [2.24, 2.45) is 7.05 Å². The number of rotatable bonds is 1. The van der Waals surface area contributed by atoms with Gasteiger partial charge in [0.2, 0.25) is 5.91 Å². The molecule has 2 saturated heterocycles. The van der Waals surface area contributed by atoms with Crippen LogP contribution >= 0.6 is 0 Å². The molecule has 0 aliphatic carbocycles. The van der Waals surface area contributed by atoms with E-state index in [1.807, 2.05) is 0 Å². The fourth-order valence-electron chi connectivity index (χ4n) is 3.21. The van der Waals surface area contributed by atoms with Gasteiger partial charge in [0, 0.05) is 25.9 Å². The lowest BCUT2D eigenvalue weighted by atomic mass is 10.0. The number of amides is 2. The van der Waals surface area contributed by atoms with Gasteiger partial charge >= 0.3 is 6.03 Å². The third-order valence-corrected chi connectivity index (χ3v) is 4.20. The molecule has 1 aromatic rings. The van der Waals surface area contributed by atoms with Crippen LogP contribution in [0.1, 0.15) is 19.3 Å². The minimum atomic E-state index is -2.98. The number of piperidine rings is 1. The van der Waals surface area contributed by atoms with Gasteiger partial charge in [-0.05, 0) is 6.42 Å². The normalized spacial score (nSPS) is 24.9. The van der Waals surface area contributed by atoms with E-state index in [9.17, 15) is 18.4 Å². The summed E-state index contributed by atoms with van der Waals surface area (Å²) >= 11 is 0. The Hall–Kier alpha value is -1.99. The van der Waals surface area contributed by atoms with E-state index in [1.54, 1.807) is 17.8 Å². The van der Waals surface area contributed by atoms with Crippen LogP contribution in [0, 0.1) is 0 Å². The van der Waals surface area contributed by atoms with Crippen LogP contribution in [-0.2, 0) is 11.8 Å². The zero-order valence-corrected chi connectivity index (χ0v) is 12.4. The van der Waals surface area contributed by atoms with Gasteiger partial charge in [0.1, 0.15) is 12.4 Å². The average molecular weight is 313 g/mol. The molecule has 1 atom stereocenters. The van der Waals surface area contributed by atoms with Gasteiger partial charge in [-0.15, -0.1) is 0 Å². The van der Waals surface area contributed by atoms with E-state index in [-0.39, 0.29) is 18.9 Å². The second-order valence-electron chi connectivity index (χ2n) is 6.05. The second-order valence-corrected chi connectivity index (χ2v) is 6.05. The molecule has 0 unspecified atom stereocenters. The summed E-state index contributed by atoms with van der Waals surface area (Å²) in [6.07, 6.45) is 5.46. The van der Waals surface area contributed by atoms with Crippen LogP contribution in [0.5, 0.6) is 0 Å². The molecule has 22 heavy (non-hydrogen) atoms. The number of nitrogens with zero attached hydrogens (tertiary/aromatic N) is 4. The average Bonchev–Trinajstić information content (AvgIpc) is 3.04. The lowest BCUT2D eigenvalue weighted by Crippen LogP contribution is -2.57. The maximum Gasteiger partial charge on any atom is 0.416 e. The Morgan fingerprint density at radius 2 is 2.23 bits per heavy atom. The van der Waals surface area contributed by atoms with Crippen molar-refractivity contribution in [3.63, 3.8) is 0 Å². The van der Waals surface area contributed by atoms with E-state index in [1.165, 1.54) is 22.0 Å². The van der Waals surface area contributed by atoms with Crippen LogP contribution in [0.15, 0.2) is 18.7 Å². The highest BCUT2D eigenvalue weighted by Crippen LogP contribution is 2.31. The molecule has 2 aliphatic rings. The first-order valence-corrected chi connectivity index (χ1v) is 7.35. The molecule has 2 amide bonds. The number of carbonyl (C=O) groups excluding carboxylic acids is 2. The molecule has 2 fully saturated rings. The first-order chi connectivity index (χ1) is 10.4. The third-order valence-electron chi connectivity index (χ3n) is 4.20. The maximum atomic E-state index is 14.0. The molecular formula is C14H19F2N4O2+. The highest BCUT2D eigenvalue weighted by atomic mass is 19.3. The number of hydrogen-bond donors (Lipinski definition) is 0. The quantitative estimate of drug-likeness (QED) is 0.714. The smallest absolute Gasteiger partial charge is 0.338 e. The first kappa shape index (κ1) is 14.9. The van der Waals surface area contributed by atoms with Gasteiger partial charge in [-0.1, -0.05) is 0 Å². The Kier molecular flexibility index (Phi) is 3.62. The van der Waals surface area contributed by atoms with Crippen LogP contribution < -0.4 is 4.57 Å². The molecule has 3 rings (SSSR count). The number of likely N-dealkylation sites (tertiary alicyclic amines) is 2. The molecule has 0 spiro atoms. The van der Waals surface area contributed by atoms with E-state index in [0.717, 1.165) is 4.90 Å². The number of aromatic nitrogens is 2. The molecule has 0 aromatic carbocycles. The van der Waals surface area contributed by atoms with Gasteiger partial charge in [0.05, 0.1) is 19.6 Å². The van der Waals surface area contributed by atoms with Crippen LogP contribution in [0.4, 0.5) is 13.6 Å². The first-order valence-electron chi connectivity index (χ1n) is 7.35. The lowest BCUT2D eigenvalue weighted by Gasteiger charge is -2.40. The summed E-state index contributed by atoms with van der Waals surface area (Å²) in [6.45, 7) is 0.0500. The maximum absolute atomic E-state index is 14.0. The Labute approximate surface area is 126 Å². The summed E-state index contributed by atoms with van der Waals surface area (Å²) in [7, 11) is 1.75. The number of alkyl halides is 2. The fraction of sp³-hybridized carbons (Fsp3) is 0.643. The fourth-order valence-corrected chi connectivity index (χ4v) is 3.21. The lowest BCUT2D eigenvalue weighted by molar-refractivity contribution is -0.670. The summed E-state index contributed by atoms with van der Waals surface area (Å²) in [5.41, 5.74) is 0. The number of carbonyl (C=O) groups is 2. The number of aryl methyl sites for hydroxylation is 1. The molecule has 0 saturated carbocycles. The van der Waals surface area contributed by atoms with Gasteiger partial charge in [-0.2, -0.15) is 4.57 Å². The van der Waals surface area contributed by atoms with Crippen LogP contribution in [-0.4, -0.2) is 57.9 Å². The van der Waals surface area contributed by atoms with Crippen molar-refractivity contribution >= 4 is 11.9 Å². The summed E-state index contributed by atoms with van der Waals surface area (Å²) < 4.78 is 31.0. The van der Waals surface area contributed by atoms with Gasteiger partial charge in [0.15, 0.2) is 0 Å². The largest absolute Gasteiger partial charge is 0.416 e. The molecule has 0 N–H and O–H groups in total. The number of halogens is 2. The van der Waals surface area contributed by atoms with Crippen molar-refractivity contribution < 1.29 is 22.9 Å². The number of imidazole rings is 1. The van der Waals surface area contributed by atoms with E-state index in [4.69, 9.17) is 0 Å². The molecule has 0 radical (unpaired) electrons. The molecule has 8 heteroatoms. The summed E-state index contributed by atoms with van der Waals surface area (Å²) in [5, 5.41) is 0. The van der Waals surface area contributed by atoms with Crippen molar-refractivity contribution in [3.8, 4) is 0 Å². The van der Waals surface area contributed by atoms with Gasteiger partial charge < -0.3 is 4.90 Å².